The normalized spacial score (nSPS) is 31.7. The van der Waals surface area contributed by atoms with Crippen LogP contribution in [0.5, 0.6) is 23.0 Å². The van der Waals surface area contributed by atoms with E-state index in [1.165, 1.54) is 53.2 Å². The Kier molecular flexibility index (Phi) is 13.4. The minimum absolute atomic E-state index is 0.00189. The average molecular weight is 773 g/mol. The molecule has 0 spiro atoms. The van der Waals surface area contributed by atoms with Gasteiger partial charge in [-0.2, -0.15) is 0 Å². The lowest BCUT2D eigenvalue weighted by molar-refractivity contribution is -0.160. The Hall–Kier alpha value is -4.28. The minimum Gasteiger partial charge on any atom is -0.507 e. The second kappa shape index (κ2) is 17.0. The van der Waals surface area contributed by atoms with Gasteiger partial charge in [-0.05, 0) is 19.9 Å². The van der Waals surface area contributed by atoms with E-state index < -0.39 is 88.8 Å². The number of rotatable bonds is 5. The molecule has 0 aromatic heterocycles. The third-order valence-corrected chi connectivity index (χ3v) is 11.4. The maximum Gasteiger partial charge on any atom is 0.312 e. The molecule has 296 valence electrons. The number of allylic oxidation sites excluding steroid dienone is 2. The Morgan fingerprint density at radius 3 is 2.26 bits per heavy atom. The zero-order chi connectivity index (χ0) is 40.4. The number of aromatic hydroxyl groups is 3. The van der Waals surface area contributed by atoms with Crippen LogP contribution in [0.1, 0.15) is 64.4 Å². The number of hydrogen-bond donors (Lipinski definition) is 7. The number of hydrogen-bond acceptors (Lipinski definition) is 14. The van der Waals surface area contributed by atoms with Gasteiger partial charge in [0.15, 0.2) is 5.75 Å². The number of nitrogens with one attached hydrogen (secondary N) is 1. The number of ketones is 1. The summed E-state index contributed by atoms with van der Waals surface area (Å²) in [6.45, 7) is 12.7. The third kappa shape index (κ3) is 8.05. The first-order valence-corrected chi connectivity index (χ1v) is 18.7. The molecule has 0 radical (unpaired) electrons. The molecule has 54 heavy (non-hydrogen) atoms. The molecule has 3 heterocycles. The number of thioether (sulfide) groups is 1. The van der Waals surface area contributed by atoms with Crippen molar-refractivity contribution in [3.05, 3.63) is 47.3 Å². The predicted molar refractivity (Wildman–Crippen MR) is 204 cm³/mol. The standard InChI is InChI=1S/C39H52N2O12S/c1-17-11-10-12-18(2)38(49)41-28-32(46)26-25(33(47)36(28)54-16-14-40)27-35(22(6)31(26)45)53-39(8,37(27)48)51-15-13-24(50-9)19(3)34(52-23(7)42)21(5)30(44)20(4)29(17)43/h10-13,15,17,19-21,24,29-30,34,43-47H,14,16,40H2,1-9H3,(H,41,49)/b11-10+,15-13+,18-12-. The molecule has 14 nitrogen and oxygen atoms in total. The van der Waals surface area contributed by atoms with Crippen LogP contribution in [0.2, 0.25) is 0 Å². The lowest BCUT2D eigenvalue weighted by atomic mass is 9.78. The van der Waals surface area contributed by atoms with Crippen LogP contribution >= 0.6 is 11.8 Å². The summed E-state index contributed by atoms with van der Waals surface area (Å²) < 4.78 is 23.4. The largest absolute Gasteiger partial charge is 0.507 e. The molecule has 0 saturated carbocycles. The van der Waals surface area contributed by atoms with Gasteiger partial charge in [0.1, 0.15) is 29.0 Å². The zero-order valence-corrected chi connectivity index (χ0v) is 32.8. The van der Waals surface area contributed by atoms with Crippen molar-refractivity contribution in [1.29, 1.82) is 0 Å². The van der Waals surface area contributed by atoms with Gasteiger partial charge >= 0.3 is 11.8 Å². The fraction of sp³-hybridized carbons (Fsp3) is 0.513. The van der Waals surface area contributed by atoms with Crippen molar-refractivity contribution in [2.75, 3.05) is 24.7 Å². The summed E-state index contributed by atoms with van der Waals surface area (Å²) in [7, 11) is 1.43. The van der Waals surface area contributed by atoms with Crippen LogP contribution in [-0.2, 0) is 23.8 Å². The Balaban J connectivity index is 1.95. The molecular weight excluding hydrogens is 720 g/mol. The number of nitrogens with two attached hydrogens (primary N) is 1. The van der Waals surface area contributed by atoms with E-state index >= 15 is 0 Å². The van der Waals surface area contributed by atoms with Crippen LogP contribution in [0.25, 0.3) is 10.8 Å². The Bertz CT molecular complexity index is 1880. The topological polar surface area (TPSA) is 227 Å². The van der Waals surface area contributed by atoms with E-state index in [2.05, 4.69) is 5.32 Å². The van der Waals surface area contributed by atoms with Crippen LogP contribution < -0.4 is 15.8 Å². The van der Waals surface area contributed by atoms with Crippen LogP contribution in [0.4, 0.5) is 5.69 Å². The number of phenolic OH excluding ortho intramolecular Hbond substituents is 3. The number of ether oxygens (including phenoxy) is 4. The maximum absolute atomic E-state index is 14.2. The van der Waals surface area contributed by atoms with E-state index in [0.717, 1.165) is 11.8 Å². The van der Waals surface area contributed by atoms with Crippen molar-refractivity contribution in [2.45, 2.75) is 90.5 Å². The van der Waals surface area contributed by atoms with Gasteiger partial charge in [-0.3, -0.25) is 14.4 Å². The fourth-order valence-corrected chi connectivity index (χ4v) is 7.85. The number of phenols is 3. The molecule has 9 atom stereocenters. The van der Waals surface area contributed by atoms with Crippen LogP contribution in [0, 0.1) is 30.6 Å². The van der Waals surface area contributed by atoms with Gasteiger partial charge in [-0.1, -0.05) is 45.9 Å². The molecular formula is C39H52N2O12S. The van der Waals surface area contributed by atoms with E-state index in [-0.39, 0.29) is 56.1 Å². The number of Topliss-reactive ketones (excluding diaryl/α,β-unsaturated/α-hetero) is 1. The molecule has 0 fully saturated rings. The van der Waals surface area contributed by atoms with Crippen molar-refractivity contribution in [3.8, 4) is 23.0 Å². The van der Waals surface area contributed by atoms with Crippen LogP contribution in [0.15, 0.2) is 41.0 Å². The molecule has 2 aromatic carbocycles. The highest BCUT2D eigenvalue weighted by molar-refractivity contribution is 7.99. The number of fused-ring (bicyclic) bond motifs is 14. The monoisotopic (exact) mass is 772 g/mol. The number of methoxy groups -OCH3 is 1. The molecule has 3 aliphatic rings. The molecule has 15 heteroatoms. The zero-order valence-electron chi connectivity index (χ0n) is 32.0. The number of amides is 1. The number of benzene rings is 2. The minimum atomic E-state index is -2.02. The highest BCUT2D eigenvalue weighted by Crippen LogP contribution is 2.57. The molecule has 5 bridgehead atoms. The lowest BCUT2D eigenvalue weighted by Crippen LogP contribution is -2.46. The van der Waals surface area contributed by atoms with Crippen molar-refractivity contribution >= 4 is 45.9 Å². The first kappa shape index (κ1) is 42.5. The first-order chi connectivity index (χ1) is 25.3. The van der Waals surface area contributed by atoms with Crippen molar-refractivity contribution < 1.29 is 58.9 Å². The molecule has 2 aromatic rings. The van der Waals surface area contributed by atoms with Gasteiger partial charge in [0.05, 0.1) is 40.4 Å². The van der Waals surface area contributed by atoms with Gasteiger partial charge in [0, 0.05) is 73.4 Å². The third-order valence-electron chi connectivity index (χ3n) is 10.3. The Morgan fingerprint density at radius 2 is 1.65 bits per heavy atom. The summed E-state index contributed by atoms with van der Waals surface area (Å²) >= 11 is 1.02. The average Bonchev–Trinajstić information content (AvgIpc) is 3.39. The van der Waals surface area contributed by atoms with Crippen LogP contribution in [0.3, 0.4) is 0 Å². The number of esters is 1. The smallest absolute Gasteiger partial charge is 0.312 e. The summed E-state index contributed by atoms with van der Waals surface area (Å²) in [5.74, 6) is -7.89. The molecule has 5 rings (SSSR count). The number of carbonyl (C=O) groups is 3. The number of aliphatic hydroxyl groups excluding tert-OH is 2. The summed E-state index contributed by atoms with van der Waals surface area (Å²) in [4.78, 5) is 40.0. The quantitative estimate of drug-likeness (QED) is 0.0938. The van der Waals surface area contributed by atoms with E-state index in [1.54, 1.807) is 39.8 Å². The second-order valence-corrected chi connectivity index (χ2v) is 15.3. The van der Waals surface area contributed by atoms with E-state index in [9.17, 15) is 39.9 Å². The number of aliphatic hydroxyl groups is 2. The summed E-state index contributed by atoms with van der Waals surface area (Å²) in [5.41, 5.74) is 5.65. The van der Waals surface area contributed by atoms with Crippen molar-refractivity contribution in [1.82, 2.24) is 0 Å². The molecule has 8 N–H and O–H groups in total. The molecule has 0 saturated heterocycles. The van der Waals surface area contributed by atoms with Crippen molar-refractivity contribution in [2.24, 2.45) is 29.4 Å². The lowest BCUT2D eigenvalue weighted by Gasteiger charge is -2.38. The summed E-state index contributed by atoms with van der Waals surface area (Å²) in [5, 5.41) is 59.7. The maximum atomic E-state index is 14.2. The van der Waals surface area contributed by atoms with Gasteiger partial charge in [-0.25, -0.2) is 0 Å². The molecule has 1 amide bonds. The predicted octanol–water partition coefficient (Wildman–Crippen LogP) is 4.80. The highest BCUT2D eigenvalue weighted by atomic mass is 32.2. The Labute approximate surface area is 319 Å². The van der Waals surface area contributed by atoms with Crippen LogP contribution in [-0.4, -0.2) is 92.8 Å². The van der Waals surface area contributed by atoms with Gasteiger partial charge in [0.25, 0.3) is 11.7 Å². The first-order valence-electron chi connectivity index (χ1n) is 17.7. The molecule has 9 unspecified atom stereocenters. The van der Waals surface area contributed by atoms with E-state index in [0.29, 0.717) is 0 Å². The van der Waals surface area contributed by atoms with Gasteiger partial charge in [0.2, 0.25) is 0 Å². The van der Waals surface area contributed by atoms with E-state index in [1.807, 2.05) is 0 Å². The van der Waals surface area contributed by atoms with Gasteiger partial charge < -0.3 is 55.5 Å². The second-order valence-electron chi connectivity index (χ2n) is 14.2. The Morgan fingerprint density at radius 1 is 0.981 bits per heavy atom. The SMILES string of the molecule is COC1/C=C/OC2(C)Oc3c(C)c(O)c4c(O)c(c(SCCN)c(O)c4c3C2=O)NC(=O)/C(C)=C\C=C\C(C)C(O)C(C)C(O)C(C)C(OC(C)=O)C1C. The molecule has 3 aliphatic heterocycles. The van der Waals surface area contributed by atoms with Crippen molar-refractivity contribution in [3.63, 3.8) is 0 Å². The van der Waals surface area contributed by atoms with Gasteiger partial charge in [-0.15, -0.1) is 11.8 Å². The number of anilines is 1. The summed E-state index contributed by atoms with van der Waals surface area (Å²) in [6, 6.07) is 0. The highest BCUT2D eigenvalue weighted by Gasteiger charge is 2.50. The number of carbonyl (C=O) groups excluding carboxylic acids is 3. The fourth-order valence-electron chi connectivity index (χ4n) is 7.00. The van der Waals surface area contributed by atoms with E-state index in [4.69, 9.17) is 24.7 Å². The summed E-state index contributed by atoms with van der Waals surface area (Å²) in [6.07, 6.45) is 3.58. The molecule has 0 aliphatic carbocycles.